The van der Waals surface area contributed by atoms with Crippen molar-refractivity contribution in [3.63, 3.8) is 0 Å². The summed E-state index contributed by atoms with van der Waals surface area (Å²) in [5.74, 6) is 0.495. The summed E-state index contributed by atoms with van der Waals surface area (Å²) in [5, 5.41) is 0. The highest BCUT2D eigenvalue weighted by Crippen LogP contribution is 2.13. The first-order valence-electron chi connectivity index (χ1n) is 6.20. The fourth-order valence-corrected chi connectivity index (χ4v) is 1.65. The average molecular weight is 210 g/mol. The molecule has 0 aliphatic rings. The molecule has 0 bridgehead atoms. The standard InChI is InChI=1S/C14H26O/c1-4-7-8-9-10-11-12-14(5-2)13-15-6-3/h5-6,14H,2-4,7-13H2,1H3. The van der Waals surface area contributed by atoms with E-state index < -0.39 is 0 Å². The lowest BCUT2D eigenvalue weighted by Gasteiger charge is -2.11. The first-order valence-corrected chi connectivity index (χ1v) is 6.20. The van der Waals surface area contributed by atoms with Gasteiger partial charge in [0.25, 0.3) is 0 Å². The summed E-state index contributed by atoms with van der Waals surface area (Å²) in [7, 11) is 0. The van der Waals surface area contributed by atoms with Crippen LogP contribution in [0.3, 0.4) is 0 Å². The third kappa shape index (κ3) is 9.58. The van der Waals surface area contributed by atoms with Gasteiger partial charge in [0.1, 0.15) is 0 Å². The van der Waals surface area contributed by atoms with E-state index in [9.17, 15) is 0 Å². The van der Waals surface area contributed by atoms with E-state index in [-0.39, 0.29) is 0 Å². The highest BCUT2D eigenvalue weighted by atomic mass is 16.5. The molecule has 0 radical (unpaired) electrons. The van der Waals surface area contributed by atoms with Crippen LogP contribution in [0, 0.1) is 5.92 Å². The highest BCUT2D eigenvalue weighted by molar-refractivity contribution is 4.79. The van der Waals surface area contributed by atoms with Crippen LogP contribution in [0.1, 0.15) is 51.9 Å². The zero-order valence-corrected chi connectivity index (χ0v) is 10.2. The van der Waals surface area contributed by atoms with Crippen LogP contribution in [0.4, 0.5) is 0 Å². The van der Waals surface area contributed by atoms with E-state index in [1.807, 2.05) is 6.08 Å². The fraction of sp³-hybridized carbons (Fsp3) is 0.714. The monoisotopic (exact) mass is 210 g/mol. The predicted octanol–water partition coefficient (Wildman–Crippen LogP) is 4.70. The molecule has 0 aromatic carbocycles. The Morgan fingerprint density at radius 2 is 1.73 bits per heavy atom. The van der Waals surface area contributed by atoms with Gasteiger partial charge < -0.3 is 4.74 Å². The summed E-state index contributed by atoms with van der Waals surface area (Å²) in [5.41, 5.74) is 0. The molecule has 1 atom stereocenters. The van der Waals surface area contributed by atoms with Gasteiger partial charge in [-0.3, -0.25) is 0 Å². The number of rotatable bonds is 11. The molecule has 0 aromatic rings. The third-order valence-electron chi connectivity index (χ3n) is 2.69. The second-order valence-corrected chi connectivity index (χ2v) is 4.05. The molecule has 0 fully saturated rings. The Morgan fingerprint density at radius 1 is 1.07 bits per heavy atom. The lowest BCUT2D eigenvalue weighted by molar-refractivity contribution is 0.209. The summed E-state index contributed by atoms with van der Waals surface area (Å²) in [6.45, 7) is 10.4. The Hall–Kier alpha value is -0.720. The van der Waals surface area contributed by atoms with Crippen molar-refractivity contribution in [2.24, 2.45) is 5.92 Å². The summed E-state index contributed by atoms with van der Waals surface area (Å²) < 4.78 is 5.17. The number of hydrogen-bond acceptors (Lipinski definition) is 1. The van der Waals surface area contributed by atoms with Crippen molar-refractivity contribution < 1.29 is 4.74 Å². The van der Waals surface area contributed by atoms with Gasteiger partial charge in [-0.05, 0) is 6.42 Å². The van der Waals surface area contributed by atoms with Crippen LogP contribution in [0.25, 0.3) is 0 Å². The van der Waals surface area contributed by atoms with Crippen LogP contribution in [0.2, 0.25) is 0 Å². The molecule has 0 aliphatic heterocycles. The molecule has 0 heterocycles. The van der Waals surface area contributed by atoms with Crippen LogP contribution in [-0.4, -0.2) is 6.61 Å². The van der Waals surface area contributed by atoms with Crippen LogP contribution in [0.15, 0.2) is 25.5 Å². The minimum atomic E-state index is 0.495. The van der Waals surface area contributed by atoms with E-state index in [1.165, 1.54) is 51.2 Å². The van der Waals surface area contributed by atoms with Crippen LogP contribution >= 0.6 is 0 Å². The lowest BCUT2D eigenvalue weighted by atomic mass is 10.0. The van der Waals surface area contributed by atoms with Gasteiger partial charge in [0, 0.05) is 5.92 Å². The summed E-state index contributed by atoms with van der Waals surface area (Å²) in [4.78, 5) is 0. The summed E-state index contributed by atoms with van der Waals surface area (Å²) in [6.07, 6.45) is 12.8. The molecule has 0 N–H and O–H groups in total. The zero-order valence-electron chi connectivity index (χ0n) is 10.2. The predicted molar refractivity (Wildman–Crippen MR) is 67.8 cm³/mol. The van der Waals surface area contributed by atoms with Gasteiger partial charge in [-0.1, -0.05) is 58.1 Å². The quantitative estimate of drug-likeness (QED) is 0.273. The SMILES string of the molecule is C=COCC(C=C)CCCCCCCC. The topological polar surface area (TPSA) is 9.23 Å². The fourth-order valence-electron chi connectivity index (χ4n) is 1.65. The maximum atomic E-state index is 5.17. The Balaban J connectivity index is 3.29. The Morgan fingerprint density at radius 3 is 2.33 bits per heavy atom. The highest BCUT2D eigenvalue weighted by Gasteiger charge is 2.03. The Kier molecular flexibility index (Phi) is 10.8. The van der Waals surface area contributed by atoms with Crippen molar-refractivity contribution in [1.29, 1.82) is 0 Å². The van der Waals surface area contributed by atoms with E-state index in [4.69, 9.17) is 4.74 Å². The van der Waals surface area contributed by atoms with Crippen LogP contribution in [-0.2, 0) is 4.74 Å². The van der Waals surface area contributed by atoms with E-state index in [1.54, 1.807) is 0 Å². The van der Waals surface area contributed by atoms with Gasteiger partial charge in [0.15, 0.2) is 0 Å². The number of ether oxygens (including phenoxy) is 1. The Labute approximate surface area is 95.2 Å². The molecular weight excluding hydrogens is 184 g/mol. The molecule has 88 valence electrons. The molecule has 15 heavy (non-hydrogen) atoms. The van der Waals surface area contributed by atoms with Crippen LogP contribution in [0.5, 0.6) is 0 Å². The Bertz CT molecular complexity index is 151. The molecule has 0 saturated heterocycles. The van der Waals surface area contributed by atoms with Gasteiger partial charge in [-0.25, -0.2) is 0 Å². The zero-order chi connectivity index (χ0) is 11.4. The molecule has 1 nitrogen and oxygen atoms in total. The molecule has 0 aromatic heterocycles. The minimum absolute atomic E-state index is 0.495. The van der Waals surface area contributed by atoms with Crippen molar-refractivity contribution in [1.82, 2.24) is 0 Å². The van der Waals surface area contributed by atoms with E-state index >= 15 is 0 Å². The third-order valence-corrected chi connectivity index (χ3v) is 2.69. The molecule has 0 saturated carbocycles. The molecule has 1 heteroatoms. The molecule has 1 unspecified atom stereocenters. The second kappa shape index (κ2) is 11.4. The number of hydrogen-bond donors (Lipinski definition) is 0. The summed E-state index contributed by atoms with van der Waals surface area (Å²) >= 11 is 0. The second-order valence-electron chi connectivity index (χ2n) is 4.05. The van der Waals surface area contributed by atoms with Gasteiger partial charge in [-0.15, -0.1) is 6.58 Å². The van der Waals surface area contributed by atoms with E-state index in [0.717, 1.165) is 6.61 Å². The maximum absolute atomic E-state index is 5.17. The number of unbranched alkanes of at least 4 members (excludes halogenated alkanes) is 5. The normalized spacial score (nSPS) is 12.1. The maximum Gasteiger partial charge on any atom is 0.0935 e. The van der Waals surface area contributed by atoms with Gasteiger partial charge in [-0.2, -0.15) is 0 Å². The molecular formula is C14H26O. The average Bonchev–Trinajstić information content (AvgIpc) is 2.27. The molecule has 0 aliphatic carbocycles. The van der Waals surface area contributed by atoms with Crippen molar-refractivity contribution >= 4 is 0 Å². The lowest BCUT2D eigenvalue weighted by Crippen LogP contribution is -2.04. The minimum Gasteiger partial charge on any atom is -0.501 e. The smallest absolute Gasteiger partial charge is 0.0935 e. The first-order chi connectivity index (χ1) is 7.35. The van der Waals surface area contributed by atoms with Crippen molar-refractivity contribution in [2.45, 2.75) is 51.9 Å². The van der Waals surface area contributed by atoms with Gasteiger partial charge in [0.05, 0.1) is 12.9 Å². The van der Waals surface area contributed by atoms with Crippen molar-refractivity contribution in [2.75, 3.05) is 6.61 Å². The largest absolute Gasteiger partial charge is 0.501 e. The van der Waals surface area contributed by atoms with Crippen molar-refractivity contribution in [3.05, 3.63) is 25.5 Å². The van der Waals surface area contributed by atoms with E-state index in [2.05, 4.69) is 20.1 Å². The first kappa shape index (κ1) is 14.3. The van der Waals surface area contributed by atoms with Gasteiger partial charge >= 0.3 is 0 Å². The van der Waals surface area contributed by atoms with Crippen LogP contribution < -0.4 is 0 Å². The van der Waals surface area contributed by atoms with Gasteiger partial charge in [0.2, 0.25) is 0 Å². The van der Waals surface area contributed by atoms with E-state index in [0.29, 0.717) is 5.92 Å². The molecule has 0 amide bonds. The summed E-state index contributed by atoms with van der Waals surface area (Å²) in [6, 6.07) is 0. The van der Waals surface area contributed by atoms with Crippen molar-refractivity contribution in [3.8, 4) is 0 Å². The molecule has 0 spiro atoms. The molecule has 0 rings (SSSR count).